The molecule has 4 heteroatoms. The average Bonchev–Trinajstić information content (AvgIpc) is 2.85. The smallest absolute Gasteiger partial charge is 0.231 e. The van der Waals surface area contributed by atoms with Crippen LogP contribution in [-0.2, 0) is 4.79 Å². The lowest BCUT2D eigenvalue weighted by Gasteiger charge is -2.27. The molecule has 0 spiro atoms. The monoisotopic (exact) mass is 260 g/mol. The molecule has 1 aliphatic carbocycles. The lowest BCUT2D eigenvalue weighted by molar-refractivity contribution is -0.123. The van der Waals surface area contributed by atoms with Gasteiger partial charge in [-0.1, -0.05) is 18.2 Å². The van der Waals surface area contributed by atoms with Crippen molar-refractivity contribution >= 4 is 5.91 Å². The largest absolute Gasteiger partial charge is 0.492 e. The maximum Gasteiger partial charge on any atom is 0.231 e. The standard InChI is InChI=1S/C15H20N2O2/c16-10-5-7-11(8-6-10)17-15(18)13-9-19-14-4-2-1-3-12(13)14/h1-4,10-11,13H,5-9,16H2,(H,17,18). The molecule has 0 radical (unpaired) electrons. The third-order valence-electron chi connectivity index (χ3n) is 4.13. The molecule has 1 aromatic rings. The van der Waals surface area contributed by atoms with Gasteiger partial charge in [0.05, 0.1) is 0 Å². The zero-order chi connectivity index (χ0) is 13.2. The number of amides is 1. The van der Waals surface area contributed by atoms with Gasteiger partial charge in [-0.3, -0.25) is 4.79 Å². The minimum atomic E-state index is -0.160. The van der Waals surface area contributed by atoms with Crippen molar-refractivity contribution in [1.82, 2.24) is 5.32 Å². The van der Waals surface area contributed by atoms with Crippen LogP contribution in [0, 0.1) is 0 Å². The molecule has 19 heavy (non-hydrogen) atoms. The Bertz CT molecular complexity index is 467. The van der Waals surface area contributed by atoms with Crippen molar-refractivity contribution in [3.05, 3.63) is 29.8 Å². The van der Waals surface area contributed by atoms with E-state index in [1.165, 1.54) is 0 Å². The molecule has 1 aliphatic heterocycles. The average molecular weight is 260 g/mol. The van der Waals surface area contributed by atoms with E-state index in [1.807, 2.05) is 24.3 Å². The number of fused-ring (bicyclic) bond motifs is 1. The molecule has 1 aromatic carbocycles. The predicted octanol–water partition coefficient (Wildman–Crippen LogP) is 1.55. The quantitative estimate of drug-likeness (QED) is 0.848. The van der Waals surface area contributed by atoms with Gasteiger partial charge in [0.25, 0.3) is 0 Å². The molecule has 2 aliphatic rings. The van der Waals surface area contributed by atoms with Crippen LogP contribution in [0.1, 0.15) is 37.2 Å². The Labute approximate surface area is 113 Å². The first-order valence-electron chi connectivity index (χ1n) is 7.01. The van der Waals surface area contributed by atoms with Crippen LogP contribution in [0.3, 0.4) is 0 Å². The van der Waals surface area contributed by atoms with E-state index in [-0.39, 0.29) is 17.9 Å². The van der Waals surface area contributed by atoms with Crippen molar-refractivity contribution in [2.24, 2.45) is 5.73 Å². The van der Waals surface area contributed by atoms with E-state index in [9.17, 15) is 4.79 Å². The summed E-state index contributed by atoms with van der Waals surface area (Å²) in [6, 6.07) is 8.37. The summed E-state index contributed by atoms with van der Waals surface area (Å²) in [6.45, 7) is 0.456. The normalized spacial score (nSPS) is 29.4. The van der Waals surface area contributed by atoms with E-state index < -0.39 is 0 Å². The fourth-order valence-corrected chi connectivity index (χ4v) is 2.94. The van der Waals surface area contributed by atoms with E-state index in [1.54, 1.807) is 0 Å². The number of nitrogens with one attached hydrogen (secondary N) is 1. The van der Waals surface area contributed by atoms with Crippen molar-refractivity contribution in [2.75, 3.05) is 6.61 Å². The zero-order valence-electron chi connectivity index (χ0n) is 11.0. The molecule has 3 rings (SSSR count). The van der Waals surface area contributed by atoms with Crippen LogP contribution in [0.4, 0.5) is 0 Å². The highest BCUT2D eigenvalue weighted by Gasteiger charge is 2.31. The Morgan fingerprint density at radius 2 is 1.95 bits per heavy atom. The van der Waals surface area contributed by atoms with Crippen LogP contribution < -0.4 is 15.8 Å². The third-order valence-corrected chi connectivity index (χ3v) is 4.13. The molecule has 1 atom stereocenters. The molecular formula is C15H20N2O2. The SMILES string of the molecule is NC1CCC(NC(=O)C2COc3ccccc32)CC1. The first-order chi connectivity index (χ1) is 9.24. The summed E-state index contributed by atoms with van der Waals surface area (Å²) in [7, 11) is 0. The van der Waals surface area contributed by atoms with Gasteiger partial charge >= 0.3 is 0 Å². The van der Waals surface area contributed by atoms with Crippen LogP contribution >= 0.6 is 0 Å². The molecule has 4 nitrogen and oxygen atoms in total. The second-order valence-corrected chi connectivity index (χ2v) is 5.52. The van der Waals surface area contributed by atoms with Crippen LogP contribution in [0.25, 0.3) is 0 Å². The first kappa shape index (κ1) is 12.5. The molecule has 1 amide bonds. The molecular weight excluding hydrogens is 240 g/mol. The maximum absolute atomic E-state index is 12.3. The van der Waals surface area contributed by atoms with Crippen LogP contribution in [-0.4, -0.2) is 24.6 Å². The second-order valence-electron chi connectivity index (χ2n) is 5.52. The van der Waals surface area contributed by atoms with Crippen LogP contribution in [0.15, 0.2) is 24.3 Å². The van der Waals surface area contributed by atoms with Gasteiger partial charge in [-0.25, -0.2) is 0 Å². The predicted molar refractivity (Wildman–Crippen MR) is 73.1 cm³/mol. The van der Waals surface area contributed by atoms with Gasteiger partial charge < -0.3 is 15.8 Å². The first-order valence-corrected chi connectivity index (χ1v) is 7.01. The number of ether oxygens (including phenoxy) is 1. The van der Waals surface area contributed by atoms with Gasteiger partial charge in [-0.2, -0.15) is 0 Å². The van der Waals surface area contributed by atoms with Gasteiger partial charge in [-0.15, -0.1) is 0 Å². The topological polar surface area (TPSA) is 64.3 Å². The molecule has 0 bridgehead atoms. The van der Waals surface area contributed by atoms with Gasteiger partial charge in [0.1, 0.15) is 18.3 Å². The van der Waals surface area contributed by atoms with Gasteiger partial charge in [0, 0.05) is 17.6 Å². The summed E-state index contributed by atoms with van der Waals surface area (Å²) in [5.41, 5.74) is 6.89. The fraction of sp³-hybridized carbons (Fsp3) is 0.533. The highest BCUT2D eigenvalue weighted by molar-refractivity contribution is 5.85. The maximum atomic E-state index is 12.3. The molecule has 0 aromatic heterocycles. The van der Waals surface area contributed by atoms with Crippen LogP contribution in [0.2, 0.25) is 0 Å². The molecule has 1 heterocycles. The van der Waals surface area contributed by atoms with E-state index in [0.29, 0.717) is 12.6 Å². The van der Waals surface area contributed by atoms with Crippen LogP contribution in [0.5, 0.6) is 5.75 Å². The van der Waals surface area contributed by atoms with E-state index in [4.69, 9.17) is 10.5 Å². The van der Waals surface area contributed by atoms with E-state index in [0.717, 1.165) is 37.0 Å². The van der Waals surface area contributed by atoms with Gasteiger partial charge in [0.15, 0.2) is 0 Å². The van der Waals surface area contributed by atoms with Crippen molar-refractivity contribution in [2.45, 2.75) is 43.7 Å². The molecule has 102 valence electrons. The fourth-order valence-electron chi connectivity index (χ4n) is 2.94. The minimum absolute atomic E-state index is 0.0884. The second kappa shape index (κ2) is 5.21. The highest BCUT2D eigenvalue weighted by atomic mass is 16.5. The van der Waals surface area contributed by atoms with Crippen molar-refractivity contribution in [3.63, 3.8) is 0 Å². The summed E-state index contributed by atoms with van der Waals surface area (Å²) < 4.78 is 5.56. The Morgan fingerprint density at radius 3 is 2.74 bits per heavy atom. The summed E-state index contributed by atoms with van der Waals surface area (Å²) >= 11 is 0. The Balaban J connectivity index is 1.63. The molecule has 0 saturated heterocycles. The summed E-state index contributed by atoms with van der Waals surface area (Å²) in [6.07, 6.45) is 3.98. The third kappa shape index (κ3) is 2.59. The molecule has 1 saturated carbocycles. The van der Waals surface area contributed by atoms with Crippen molar-refractivity contribution in [3.8, 4) is 5.75 Å². The molecule has 3 N–H and O–H groups in total. The number of hydrogen-bond donors (Lipinski definition) is 2. The lowest BCUT2D eigenvalue weighted by atomic mass is 9.91. The number of carbonyl (C=O) groups excluding carboxylic acids is 1. The summed E-state index contributed by atoms with van der Waals surface area (Å²) in [5, 5.41) is 3.15. The van der Waals surface area contributed by atoms with Crippen molar-refractivity contribution in [1.29, 1.82) is 0 Å². The van der Waals surface area contributed by atoms with E-state index in [2.05, 4.69) is 5.32 Å². The number of nitrogens with two attached hydrogens (primary N) is 1. The Morgan fingerprint density at radius 1 is 1.21 bits per heavy atom. The zero-order valence-corrected chi connectivity index (χ0v) is 11.0. The number of para-hydroxylation sites is 1. The minimum Gasteiger partial charge on any atom is -0.492 e. The Kier molecular flexibility index (Phi) is 3.42. The Hall–Kier alpha value is -1.55. The lowest BCUT2D eigenvalue weighted by Crippen LogP contribution is -2.42. The number of rotatable bonds is 2. The molecule has 1 fully saturated rings. The van der Waals surface area contributed by atoms with Gasteiger partial charge in [0.2, 0.25) is 5.91 Å². The van der Waals surface area contributed by atoms with Crippen molar-refractivity contribution < 1.29 is 9.53 Å². The van der Waals surface area contributed by atoms with E-state index >= 15 is 0 Å². The highest BCUT2D eigenvalue weighted by Crippen LogP contribution is 2.33. The summed E-state index contributed by atoms with van der Waals surface area (Å²) in [4.78, 5) is 12.3. The summed E-state index contributed by atoms with van der Waals surface area (Å²) in [5.74, 6) is 0.769. The number of benzene rings is 1. The number of carbonyl (C=O) groups is 1. The van der Waals surface area contributed by atoms with Gasteiger partial charge in [-0.05, 0) is 31.7 Å². The number of hydrogen-bond acceptors (Lipinski definition) is 3. The molecule has 1 unspecified atom stereocenters.